The highest BCUT2D eigenvalue weighted by Crippen LogP contribution is 2.24. The summed E-state index contributed by atoms with van der Waals surface area (Å²) in [6.45, 7) is 0.132. The fourth-order valence-corrected chi connectivity index (χ4v) is 3.26. The van der Waals surface area contributed by atoms with Crippen LogP contribution in [0.15, 0.2) is 36.7 Å². The molecule has 3 N–H and O–H groups in total. The first-order valence-electron chi connectivity index (χ1n) is 8.43. The molecule has 0 bridgehead atoms. The number of hydrogen-bond acceptors (Lipinski definition) is 4. The molecule has 6 nitrogen and oxygen atoms in total. The van der Waals surface area contributed by atoms with Gasteiger partial charge in [0.1, 0.15) is 0 Å². The Bertz CT molecular complexity index is 698. The molecule has 6 heteroatoms. The minimum Gasteiger partial charge on any atom is -0.396 e. The van der Waals surface area contributed by atoms with Gasteiger partial charge in [-0.05, 0) is 31.0 Å². The highest BCUT2D eigenvalue weighted by atomic mass is 16.3. The molecular formula is C18H24N4O2. The van der Waals surface area contributed by atoms with E-state index in [4.69, 9.17) is 0 Å². The van der Waals surface area contributed by atoms with Crippen molar-refractivity contribution in [3.05, 3.63) is 42.2 Å². The Morgan fingerprint density at radius 1 is 1.33 bits per heavy atom. The summed E-state index contributed by atoms with van der Waals surface area (Å²) in [6, 6.07) is 7.48. The van der Waals surface area contributed by atoms with Crippen molar-refractivity contribution in [2.24, 2.45) is 13.0 Å². The van der Waals surface area contributed by atoms with Gasteiger partial charge in [0.2, 0.25) is 0 Å². The Balaban J connectivity index is 1.67. The van der Waals surface area contributed by atoms with Crippen LogP contribution >= 0.6 is 0 Å². The van der Waals surface area contributed by atoms with E-state index in [1.54, 1.807) is 16.9 Å². The molecule has 0 spiro atoms. The Kier molecular flexibility index (Phi) is 5.15. The zero-order chi connectivity index (χ0) is 16.9. The van der Waals surface area contributed by atoms with Gasteiger partial charge in [0, 0.05) is 43.1 Å². The quantitative estimate of drug-likeness (QED) is 0.788. The van der Waals surface area contributed by atoms with Crippen LogP contribution in [0.4, 0.5) is 11.4 Å². The maximum atomic E-state index is 12.5. The summed E-state index contributed by atoms with van der Waals surface area (Å²) >= 11 is 0. The van der Waals surface area contributed by atoms with Gasteiger partial charge in [-0.15, -0.1) is 0 Å². The van der Waals surface area contributed by atoms with Crippen molar-refractivity contribution in [1.29, 1.82) is 0 Å². The van der Waals surface area contributed by atoms with Crippen molar-refractivity contribution in [2.75, 3.05) is 11.9 Å². The van der Waals surface area contributed by atoms with Gasteiger partial charge < -0.3 is 15.7 Å². The number of nitrogens with zero attached hydrogens (tertiary/aromatic N) is 2. The summed E-state index contributed by atoms with van der Waals surface area (Å²) in [6.07, 6.45) is 7.75. The predicted octanol–water partition coefficient (Wildman–Crippen LogP) is 2.44. The van der Waals surface area contributed by atoms with Gasteiger partial charge in [-0.2, -0.15) is 5.10 Å². The lowest BCUT2D eigenvalue weighted by Crippen LogP contribution is -2.43. The number of carbonyl (C=O) groups excluding carboxylic acids is 1. The summed E-state index contributed by atoms with van der Waals surface area (Å²) in [5.74, 6) is 0.0783. The van der Waals surface area contributed by atoms with E-state index in [1.165, 1.54) is 0 Å². The van der Waals surface area contributed by atoms with Crippen molar-refractivity contribution in [3.8, 4) is 0 Å². The molecule has 1 aromatic heterocycles. The normalized spacial score (nSPS) is 20.6. The summed E-state index contributed by atoms with van der Waals surface area (Å²) in [5.41, 5.74) is 2.34. The van der Waals surface area contributed by atoms with Crippen LogP contribution in [0.25, 0.3) is 0 Å². The number of benzene rings is 1. The van der Waals surface area contributed by atoms with Crippen molar-refractivity contribution >= 4 is 17.3 Å². The molecule has 2 aromatic rings. The lowest BCUT2D eigenvalue weighted by Gasteiger charge is -2.30. The lowest BCUT2D eigenvalue weighted by molar-refractivity contribution is 0.0872. The third-order valence-corrected chi connectivity index (χ3v) is 4.58. The van der Waals surface area contributed by atoms with E-state index in [2.05, 4.69) is 15.7 Å². The molecule has 0 radical (unpaired) electrons. The van der Waals surface area contributed by atoms with Crippen LogP contribution in [0.1, 0.15) is 36.0 Å². The molecule has 1 aromatic carbocycles. The molecular weight excluding hydrogens is 304 g/mol. The van der Waals surface area contributed by atoms with Crippen LogP contribution in [0.2, 0.25) is 0 Å². The first kappa shape index (κ1) is 16.5. The van der Waals surface area contributed by atoms with Crippen LogP contribution < -0.4 is 10.6 Å². The first-order valence-corrected chi connectivity index (χ1v) is 8.43. The highest BCUT2D eigenvalue weighted by Gasteiger charge is 2.26. The van der Waals surface area contributed by atoms with Crippen LogP contribution in [-0.4, -0.2) is 33.4 Å². The maximum Gasteiger partial charge on any atom is 0.251 e. The predicted molar refractivity (Wildman–Crippen MR) is 93.2 cm³/mol. The molecule has 2 unspecified atom stereocenters. The molecule has 0 aliphatic heterocycles. The van der Waals surface area contributed by atoms with E-state index in [1.807, 2.05) is 31.4 Å². The molecule has 1 aliphatic carbocycles. The molecule has 1 amide bonds. The monoisotopic (exact) mass is 328 g/mol. The van der Waals surface area contributed by atoms with Gasteiger partial charge in [-0.25, -0.2) is 0 Å². The van der Waals surface area contributed by atoms with Gasteiger partial charge >= 0.3 is 0 Å². The fraction of sp³-hybridized carbons (Fsp3) is 0.444. The van der Waals surface area contributed by atoms with Gasteiger partial charge in [-0.1, -0.05) is 18.9 Å². The van der Waals surface area contributed by atoms with Crippen molar-refractivity contribution in [3.63, 3.8) is 0 Å². The number of aryl methyl sites for hydroxylation is 1. The largest absolute Gasteiger partial charge is 0.396 e. The van der Waals surface area contributed by atoms with Crippen LogP contribution in [0.5, 0.6) is 0 Å². The van der Waals surface area contributed by atoms with Crippen molar-refractivity contribution < 1.29 is 9.90 Å². The first-order chi connectivity index (χ1) is 11.7. The standard InChI is InChI=1S/C18H24N4O2/c1-22-11-16(10-19-22)20-15-7-4-6-13(9-15)18(24)21-17-8-3-2-5-14(17)12-23/h4,6-7,9-11,14,17,20,23H,2-3,5,8,12H2,1H3,(H,21,24). The van der Waals surface area contributed by atoms with E-state index in [0.717, 1.165) is 37.1 Å². The SMILES string of the molecule is Cn1cc(Nc2cccc(C(=O)NC3CCCCC3CO)c2)cn1. The highest BCUT2D eigenvalue weighted by molar-refractivity contribution is 5.95. The second-order valence-electron chi connectivity index (χ2n) is 6.42. The number of aliphatic hydroxyl groups is 1. The maximum absolute atomic E-state index is 12.5. The number of amides is 1. The van der Waals surface area contributed by atoms with Gasteiger partial charge in [0.25, 0.3) is 5.91 Å². The molecule has 1 fully saturated rings. The zero-order valence-electron chi connectivity index (χ0n) is 13.9. The van der Waals surface area contributed by atoms with Gasteiger partial charge in [0.05, 0.1) is 11.9 Å². The fourth-order valence-electron chi connectivity index (χ4n) is 3.26. The Hall–Kier alpha value is -2.34. The average molecular weight is 328 g/mol. The van der Waals surface area contributed by atoms with Crippen molar-refractivity contribution in [1.82, 2.24) is 15.1 Å². The summed E-state index contributed by atoms with van der Waals surface area (Å²) in [7, 11) is 1.86. The minimum atomic E-state index is -0.0878. The second kappa shape index (κ2) is 7.49. The van der Waals surface area contributed by atoms with E-state index < -0.39 is 0 Å². The average Bonchev–Trinajstić information content (AvgIpc) is 3.00. The molecule has 1 heterocycles. The van der Waals surface area contributed by atoms with Crippen molar-refractivity contribution in [2.45, 2.75) is 31.7 Å². The molecule has 128 valence electrons. The molecule has 0 saturated heterocycles. The number of hydrogen-bond donors (Lipinski definition) is 3. The molecule has 1 saturated carbocycles. The molecule has 1 aliphatic rings. The molecule has 2 atom stereocenters. The minimum absolute atomic E-state index is 0.0613. The van der Waals surface area contributed by atoms with Gasteiger partial charge in [0.15, 0.2) is 0 Å². The number of rotatable bonds is 5. The van der Waals surface area contributed by atoms with Crippen LogP contribution in [0, 0.1) is 5.92 Å². The summed E-state index contributed by atoms with van der Waals surface area (Å²) in [4.78, 5) is 12.5. The molecule has 24 heavy (non-hydrogen) atoms. The topological polar surface area (TPSA) is 79.2 Å². The second-order valence-corrected chi connectivity index (χ2v) is 6.42. The third-order valence-electron chi connectivity index (χ3n) is 4.58. The number of anilines is 2. The van der Waals surface area contributed by atoms with E-state index in [-0.39, 0.29) is 24.5 Å². The Morgan fingerprint density at radius 3 is 2.92 bits per heavy atom. The van der Waals surface area contributed by atoms with Gasteiger partial charge in [-0.3, -0.25) is 9.48 Å². The van der Waals surface area contributed by atoms with E-state index in [0.29, 0.717) is 5.56 Å². The van der Waals surface area contributed by atoms with Crippen LogP contribution in [-0.2, 0) is 7.05 Å². The number of aromatic nitrogens is 2. The summed E-state index contributed by atoms with van der Waals surface area (Å²) in [5, 5.41) is 19.9. The molecule has 3 rings (SSSR count). The zero-order valence-corrected chi connectivity index (χ0v) is 13.9. The number of nitrogens with one attached hydrogen (secondary N) is 2. The van der Waals surface area contributed by atoms with E-state index in [9.17, 15) is 9.90 Å². The third kappa shape index (κ3) is 3.94. The number of carbonyl (C=O) groups is 1. The Morgan fingerprint density at radius 2 is 2.17 bits per heavy atom. The van der Waals surface area contributed by atoms with E-state index >= 15 is 0 Å². The lowest BCUT2D eigenvalue weighted by atomic mass is 9.85. The number of aliphatic hydroxyl groups excluding tert-OH is 1. The summed E-state index contributed by atoms with van der Waals surface area (Å²) < 4.78 is 1.72. The Labute approximate surface area is 141 Å². The van der Waals surface area contributed by atoms with Crippen LogP contribution in [0.3, 0.4) is 0 Å². The smallest absolute Gasteiger partial charge is 0.251 e.